The van der Waals surface area contributed by atoms with Gasteiger partial charge in [-0.05, 0) is 46.6 Å². The van der Waals surface area contributed by atoms with Crippen LogP contribution >= 0.6 is 0 Å². The van der Waals surface area contributed by atoms with Gasteiger partial charge in [0.2, 0.25) is 0 Å². The Hall–Kier alpha value is -2.98. The summed E-state index contributed by atoms with van der Waals surface area (Å²) in [6, 6.07) is 21.7. The van der Waals surface area contributed by atoms with Gasteiger partial charge < -0.3 is 10.0 Å². The van der Waals surface area contributed by atoms with Crippen LogP contribution in [0.5, 0.6) is 0 Å². The van der Waals surface area contributed by atoms with Crippen molar-refractivity contribution >= 4 is 28.2 Å². The molecule has 2 aliphatic rings. The summed E-state index contributed by atoms with van der Waals surface area (Å²) in [6.07, 6.45) is 2.77. The molecule has 0 bridgehead atoms. The third-order valence-corrected chi connectivity index (χ3v) is 8.55. The molecule has 176 valence electrons. The average molecular weight is 456 g/mol. The molecule has 3 aromatic rings. The molecule has 1 saturated carbocycles. The second kappa shape index (κ2) is 8.35. The second-order valence-corrected chi connectivity index (χ2v) is 10.6. The average Bonchev–Trinajstić information content (AvgIpc) is 3.07. The molecular formula is C30H33NO3. The summed E-state index contributed by atoms with van der Waals surface area (Å²) in [4.78, 5) is 28.9. The number of Topliss-reactive ketones (excluding diaryl/α,β-unsaturated/α-hetero) is 1. The Labute approximate surface area is 201 Å². The van der Waals surface area contributed by atoms with Gasteiger partial charge in [0.25, 0.3) is 5.91 Å². The molecule has 3 aromatic carbocycles. The summed E-state index contributed by atoms with van der Waals surface area (Å²) in [7, 11) is 0. The Morgan fingerprint density at radius 1 is 1.00 bits per heavy atom. The quantitative estimate of drug-likeness (QED) is 0.514. The van der Waals surface area contributed by atoms with Crippen LogP contribution in [0.15, 0.2) is 66.7 Å². The Morgan fingerprint density at radius 3 is 2.50 bits per heavy atom. The molecule has 0 spiro atoms. The van der Waals surface area contributed by atoms with Gasteiger partial charge in [0.1, 0.15) is 5.78 Å². The Morgan fingerprint density at radius 2 is 1.71 bits per heavy atom. The molecule has 0 unspecified atom stereocenters. The number of rotatable bonds is 5. The first-order valence-electron chi connectivity index (χ1n) is 12.4. The lowest BCUT2D eigenvalue weighted by atomic mass is 9.62. The van der Waals surface area contributed by atoms with Crippen molar-refractivity contribution in [1.29, 1.82) is 0 Å². The fraction of sp³-hybridized carbons (Fsp3) is 0.400. The van der Waals surface area contributed by atoms with Crippen LogP contribution in [0.4, 0.5) is 5.69 Å². The minimum atomic E-state index is -1.82. The second-order valence-electron chi connectivity index (χ2n) is 10.6. The van der Waals surface area contributed by atoms with E-state index in [1.54, 1.807) is 4.90 Å². The molecule has 4 nitrogen and oxygen atoms in total. The highest BCUT2D eigenvalue weighted by Crippen LogP contribution is 2.52. The lowest BCUT2D eigenvalue weighted by Gasteiger charge is -2.42. The molecule has 0 aromatic heterocycles. The predicted molar refractivity (Wildman–Crippen MR) is 135 cm³/mol. The number of carbonyl (C=O) groups excluding carboxylic acids is 2. The molecule has 1 amide bonds. The lowest BCUT2D eigenvalue weighted by molar-refractivity contribution is -0.155. The van der Waals surface area contributed by atoms with E-state index in [1.165, 1.54) is 0 Å². The van der Waals surface area contributed by atoms with Crippen molar-refractivity contribution in [3.05, 3.63) is 77.9 Å². The Kier molecular flexibility index (Phi) is 5.60. The lowest BCUT2D eigenvalue weighted by Crippen LogP contribution is -2.51. The maximum atomic E-state index is 14.0. The van der Waals surface area contributed by atoms with Gasteiger partial charge in [0.05, 0.1) is 18.2 Å². The van der Waals surface area contributed by atoms with Crippen molar-refractivity contribution < 1.29 is 14.7 Å². The topological polar surface area (TPSA) is 57.6 Å². The first-order chi connectivity index (χ1) is 16.3. The number of para-hydroxylation sites is 1. The van der Waals surface area contributed by atoms with Crippen LogP contribution < -0.4 is 4.90 Å². The highest BCUT2D eigenvalue weighted by atomic mass is 16.3. The van der Waals surface area contributed by atoms with Crippen LogP contribution in [0.2, 0.25) is 0 Å². The zero-order valence-corrected chi connectivity index (χ0v) is 20.3. The third kappa shape index (κ3) is 3.47. The maximum absolute atomic E-state index is 14.0. The van der Waals surface area contributed by atoms with E-state index in [9.17, 15) is 14.7 Å². The molecule has 1 aliphatic carbocycles. The number of hydrogen-bond donors (Lipinski definition) is 1. The third-order valence-electron chi connectivity index (χ3n) is 8.55. The van der Waals surface area contributed by atoms with Gasteiger partial charge in [-0.2, -0.15) is 0 Å². The number of hydrogen-bond acceptors (Lipinski definition) is 3. The SMILES string of the molecule is CCC(C)(C)[C@@H]1CCC(=O)[C@@H]([C@]2(O)C(=O)N(Cc3cccc4ccccc34)c3ccccc32)C1. The number of nitrogens with zero attached hydrogens (tertiary/aromatic N) is 1. The number of amides is 1. The molecule has 0 radical (unpaired) electrons. The van der Waals surface area contributed by atoms with E-state index >= 15 is 0 Å². The molecule has 3 atom stereocenters. The highest BCUT2D eigenvalue weighted by Gasteiger charge is 2.58. The number of carbonyl (C=O) groups is 2. The van der Waals surface area contributed by atoms with Gasteiger partial charge in [-0.25, -0.2) is 0 Å². The highest BCUT2D eigenvalue weighted by molar-refractivity contribution is 6.10. The van der Waals surface area contributed by atoms with Crippen molar-refractivity contribution in [2.24, 2.45) is 17.3 Å². The number of ketones is 1. The van der Waals surface area contributed by atoms with E-state index in [0.29, 0.717) is 30.6 Å². The number of fused-ring (bicyclic) bond motifs is 2. The van der Waals surface area contributed by atoms with Gasteiger partial charge in [0, 0.05) is 12.0 Å². The summed E-state index contributed by atoms with van der Waals surface area (Å²) in [5, 5.41) is 14.3. The fourth-order valence-electron chi connectivity index (χ4n) is 5.98. The Balaban J connectivity index is 1.56. The van der Waals surface area contributed by atoms with Crippen LogP contribution in [-0.4, -0.2) is 16.8 Å². The minimum Gasteiger partial charge on any atom is -0.375 e. The molecule has 1 heterocycles. The van der Waals surface area contributed by atoms with E-state index in [-0.39, 0.29) is 23.0 Å². The van der Waals surface area contributed by atoms with E-state index in [1.807, 2.05) is 48.5 Å². The number of benzene rings is 3. The number of anilines is 1. The van der Waals surface area contributed by atoms with Crippen LogP contribution in [0.1, 0.15) is 57.6 Å². The van der Waals surface area contributed by atoms with Gasteiger partial charge in [-0.1, -0.05) is 87.9 Å². The van der Waals surface area contributed by atoms with Gasteiger partial charge >= 0.3 is 0 Å². The van der Waals surface area contributed by atoms with Crippen molar-refractivity contribution in [1.82, 2.24) is 0 Å². The van der Waals surface area contributed by atoms with Crippen molar-refractivity contribution in [3.63, 3.8) is 0 Å². The Bertz CT molecular complexity index is 1260. The maximum Gasteiger partial charge on any atom is 0.264 e. The van der Waals surface area contributed by atoms with Crippen LogP contribution in [0.25, 0.3) is 10.8 Å². The molecule has 1 aliphatic heterocycles. The normalized spacial score (nSPS) is 25.1. The van der Waals surface area contributed by atoms with E-state index in [0.717, 1.165) is 29.2 Å². The van der Waals surface area contributed by atoms with Crippen LogP contribution in [0, 0.1) is 17.3 Å². The monoisotopic (exact) mass is 455 g/mol. The van der Waals surface area contributed by atoms with E-state index in [2.05, 4.69) is 39.0 Å². The smallest absolute Gasteiger partial charge is 0.264 e. The van der Waals surface area contributed by atoms with Crippen LogP contribution in [-0.2, 0) is 21.7 Å². The van der Waals surface area contributed by atoms with E-state index < -0.39 is 11.5 Å². The molecule has 1 N–H and O–H groups in total. The number of aliphatic hydroxyl groups is 1. The van der Waals surface area contributed by atoms with Gasteiger partial charge in [-0.3, -0.25) is 9.59 Å². The molecule has 34 heavy (non-hydrogen) atoms. The van der Waals surface area contributed by atoms with Crippen LogP contribution in [0.3, 0.4) is 0 Å². The zero-order valence-electron chi connectivity index (χ0n) is 20.3. The van der Waals surface area contributed by atoms with Gasteiger partial charge in [0.15, 0.2) is 5.60 Å². The molecule has 1 fully saturated rings. The summed E-state index contributed by atoms with van der Waals surface area (Å²) < 4.78 is 0. The molecular weight excluding hydrogens is 422 g/mol. The summed E-state index contributed by atoms with van der Waals surface area (Å²) in [6.45, 7) is 6.98. The zero-order chi connectivity index (χ0) is 24.1. The molecule has 5 rings (SSSR count). The first-order valence-corrected chi connectivity index (χ1v) is 12.4. The summed E-state index contributed by atoms with van der Waals surface area (Å²) >= 11 is 0. The molecule has 4 heteroatoms. The fourth-order valence-corrected chi connectivity index (χ4v) is 5.98. The van der Waals surface area contributed by atoms with E-state index in [4.69, 9.17) is 0 Å². The largest absolute Gasteiger partial charge is 0.375 e. The standard InChI is InChI=1S/C30H33NO3/c1-4-29(2,3)22-16-17-27(32)25(18-22)30(34)24-14-7-8-15-26(24)31(28(30)33)19-21-12-9-11-20-10-5-6-13-23(20)21/h5-15,22,25,34H,4,16-19H2,1-3H3/t22-,25+,30+/m1/s1. The minimum absolute atomic E-state index is 0.000757. The van der Waals surface area contributed by atoms with Crippen molar-refractivity contribution in [2.45, 2.75) is 58.6 Å². The molecule has 0 saturated heterocycles. The summed E-state index contributed by atoms with van der Waals surface area (Å²) in [5.74, 6) is -0.810. The first kappa shape index (κ1) is 22.8. The van der Waals surface area contributed by atoms with Crippen molar-refractivity contribution in [2.75, 3.05) is 4.90 Å². The summed E-state index contributed by atoms with van der Waals surface area (Å²) in [5.41, 5.74) is 0.520. The predicted octanol–water partition coefficient (Wildman–Crippen LogP) is 6.00. The van der Waals surface area contributed by atoms with Crippen molar-refractivity contribution in [3.8, 4) is 0 Å². The van der Waals surface area contributed by atoms with Gasteiger partial charge in [-0.15, -0.1) is 0 Å².